The minimum Gasteiger partial charge on any atom is -0.321 e. The summed E-state index contributed by atoms with van der Waals surface area (Å²) in [4.78, 5) is 41.3. The van der Waals surface area contributed by atoms with Gasteiger partial charge in [0, 0.05) is 17.7 Å². The predicted octanol–water partition coefficient (Wildman–Crippen LogP) is 3.64. The zero-order valence-corrected chi connectivity index (χ0v) is 15.0. The van der Waals surface area contributed by atoms with Crippen LogP contribution in [-0.4, -0.2) is 19.6 Å². The van der Waals surface area contributed by atoms with Crippen LogP contribution in [0.15, 0.2) is 66.7 Å². The van der Waals surface area contributed by atoms with Crippen molar-refractivity contribution in [3.8, 4) is 22.3 Å². The topological polar surface area (TPSA) is 144 Å². The summed E-state index contributed by atoms with van der Waals surface area (Å²) >= 11 is 0. The molecule has 0 spiro atoms. The maximum atomic E-state index is 12.1. The minimum absolute atomic E-state index is 0.0421. The molecule has 0 aliphatic rings. The monoisotopic (exact) mass is 400 g/mol. The number of hydrogen-bond donors (Lipinski definition) is 2. The zero-order chi connectivity index (χ0) is 20.5. The molecular formula is C18H13N2O7P. The van der Waals surface area contributed by atoms with E-state index in [0.717, 1.165) is 6.07 Å². The molecule has 0 saturated heterocycles. The Bertz CT molecular complexity index is 1140. The average Bonchev–Trinajstić information content (AvgIpc) is 2.66. The maximum absolute atomic E-state index is 12.1. The van der Waals surface area contributed by atoms with Gasteiger partial charge in [-0.05, 0) is 23.8 Å². The molecule has 142 valence electrons. The lowest BCUT2D eigenvalue weighted by Crippen LogP contribution is -2.10. The van der Waals surface area contributed by atoms with E-state index in [0.29, 0.717) is 0 Å². The molecule has 0 heterocycles. The Kier molecular flexibility index (Phi) is 5.06. The number of nitro groups is 2. The van der Waals surface area contributed by atoms with Crippen molar-refractivity contribution in [1.82, 2.24) is 0 Å². The van der Waals surface area contributed by atoms with E-state index in [1.165, 1.54) is 60.7 Å². The van der Waals surface area contributed by atoms with Crippen LogP contribution in [0, 0.1) is 20.2 Å². The lowest BCUT2D eigenvalue weighted by Gasteiger charge is -2.16. The molecule has 9 nitrogen and oxygen atoms in total. The van der Waals surface area contributed by atoms with E-state index < -0.39 is 22.7 Å². The van der Waals surface area contributed by atoms with Gasteiger partial charge in [-0.3, -0.25) is 24.8 Å². The van der Waals surface area contributed by atoms with E-state index >= 15 is 0 Å². The van der Waals surface area contributed by atoms with Crippen LogP contribution in [0.5, 0.6) is 0 Å². The van der Waals surface area contributed by atoms with Gasteiger partial charge in [-0.1, -0.05) is 36.4 Å². The summed E-state index contributed by atoms with van der Waals surface area (Å²) < 4.78 is 12.1. The molecule has 0 unspecified atom stereocenters. The highest BCUT2D eigenvalue weighted by atomic mass is 31.2. The molecule has 3 aromatic carbocycles. The van der Waals surface area contributed by atoms with Gasteiger partial charge in [0.2, 0.25) is 0 Å². The molecule has 0 fully saturated rings. The molecule has 3 aromatic rings. The van der Waals surface area contributed by atoms with Crippen molar-refractivity contribution in [3.05, 3.63) is 87.0 Å². The molecule has 10 heteroatoms. The van der Waals surface area contributed by atoms with E-state index in [4.69, 9.17) is 0 Å². The molecule has 0 bridgehead atoms. The third-order valence-electron chi connectivity index (χ3n) is 4.12. The van der Waals surface area contributed by atoms with Crippen LogP contribution in [0.25, 0.3) is 22.3 Å². The first-order valence-electron chi connectivity index (χ1n) is 7.88. The van der Waals surface area contributed by atoms with Gasteiger partial charge in [0.05, 0.1) is 26.3 Å². The average molecular weight is 400 g/mol. The fraction of sp³-hybridized carbons (Fsp3) is 0. The van der Waals surface area contributed by atoms with Crippen molar-refractivity contribution in [3.63, 3.8) is 0 Å². The SMILES string of the molecule is O=[N+]([O-])c1ccccc1-c1cccc(P(=O)(O)O)c1-c1ccccc1[N+](=O)[O-]. The molecule has 3 rings (SSSR count). The van der Waals surface area contributed by atoms with Crippen LogP contribution in [0.3, 0.4) is 0 Å². The Labute approximate surface area is 158 Å². The van der Waals surface area contributed by atoms with Crippen LogP contribution in [-0.2, 0) is 4.57 Å². The van der Waals surface area contributed by atoms with Crippen LogP contribution >= 0.6 is 7.60 Å². The standard InChI is InChI=1S/C18H13N2O7P/c21-19(22)15-9-3-1-6-12(15)13-8-5-11-17(28(25,26)27)18(13)14-7-2-4-10-16(14)20(23)24/h1-11H,(H2,25,26,27). The van der Waals surface area contributed by atoms with Gasteiger partial charge >= 0.3 is 7.60 Å². The van der Waals surface area contributed by atoms with Gasteiger partial charge < -0.3 is 9.79 Å². The quantitative estimate of drug-likeness (QED) is 0.378. The Morgan fingerprint density at radius 3 is 1.68 bits per heavy atom. The number of para-hydroxylation sites is 2. The number of nitrogens with zero attached hydrogens (tertiary/aromatic N) is 2. The molecule has 0 amide bonds. The van der Waals surface area contributed by atoms with Gasteiger partial charge in [-0.25, -0.2) is 0 Å². The Hall–Kier alpha value is -3.39. The smallest absolute Gasteiger partial charge is 0.321 e. The van der Waals surface area contributed by atoms with Crippen LogP contribution < -0.4 is 5.30 Å². The highest BCUT2D eigenvalue weighted by molar-refractivity contribution is 7.60. The third kappa shape index (κ3) is 3.54. The lowest BCUT2D eigenvalue weighted by molar-refractivity contribution is -0.384. The van der Waals surface area contributed by atoms with Crippen LogP contribution in [0.2, 0.25) is 0 Å². The predicted molar refractivity (Wildman–Crippen MR) is 102 cm³/mol. The second kappa shape index (κ2) is 7.32. The first-order chi connectivity index (χ1) is 13.2. The van der Waals surface area contributed by atoms with Gasteiger partial charge in [0.25, 0.3) is 11.4 Å². The van der Waals surface area contributed by atoms with E-state index in [-0.39, 0.29) is 33.6 Å². The number of rotatable bonds is 5. The van der Waals surface area contributed by atoms with Gasteiger partial charge in [-0.15, -0.1) is 0 Å². The van der Waals surface area contributed by atoms with E-state index in [1.807, 2.05) is 0 Å². The summed E-state index contributed by atoms with van der Waals surface area (Å²) in [6, 6.07) is 15.1. The first kappa shape index (κ1) is 19.4. The van der Waals surface area contributed by atoms with Crippen LogP contribution in [0.1, 0.15) is 0 Å². The Morgan fingerprint density at radius 1 is 0.679 bits per heavy atom. The Morgan fingerprint density at radius 2 is 1.14 bits per heavy atom. The van der Waals surface area contributed by atoms with Crippen molar-refractivity contribution < 1.29 is 24.2 Å². The summed E-state index contributed by atoms with van der Waals surface area (Å²) in [5.74, 6) is 0. The van der Waals surface area contributed by atoms with E-state index in [2.05, 4.69) is 0 Å². The Balaban J connectivity index is 2.48. The third-order valence-corrected chi connectivity index (χ3v) is 5.12. The largest absolute Gasteiger partial charge is 0.356 e. The molecule has 0 aliphatic heterocycles. The highest BCUT2D eigenvalue weighted by Crippen LogP contribution is 2.45. The van der Waals surface area contributed by atoms with Crippen molar-refractivity contribution >= 4 is 24.3 Å². The van der Waals surface area contributed by atoms with Crippen molar-refractivity contribution in [1.29, 1.82) is 0 Å². The molecule has 0 atom stereocenters. The number of benzene rings is 3. The highest BCUT2D eigenvalue weighted by Gasteiger charge is 2.30. The molecule has 0 saturated carbocycles. The van der Waals surface area contributed by atoms with Gasteiger partial charge in [0.15, 0.2) is 0 Å². The molecular weight excluding hydrogens is 387 g/mol. The normalized spacial score (nSPS) is 11.2. The number of hydrogen-bond acceptors (Lipinski definition) is 5. The molecule has 0 aliphatic carbocycles. The summed E-state index contributed by atoms with van der Waals surface area (Å²) in [5.41, 5.74) is -0.608. The molecule has 0 radical (unpaired) electrons. The second-order valence-electron chi connectivity index (χ2n) is 5.79. The second-order valence-corrected chi connectivity index (χ2v) is 7.36. The van der Waals surface area contributed by atoms with E-state index in [1.54, 1.807) is 0 Å². The zero-order valence-electron chi connectivity index (χ0n) is 14.1. The fourth-order valence-electron chi connectivity index (χ4n) is 3.00. The minimum atomic E-state index is -4.85. The van der Waals surface area contributed by atoms with E-state index in [9.17, 15) is 34.6 Å². The lowest BCUT2D eigenvalue weighted by atomic mass is 9.92. The summed E-state index contributed by atoms with van der Waals surface area (Å²) in [6.45, 7) is 0. The van der Waals surface area contributed by atoms with Crippen molar-refractivity contribution in [2.45, 2.75) is 0 Å². The summed E-state index contributed by atoms with van der Waals surface area (Å²) in [7, 11) is -4.85. The first-order valence-corrected chi connectivity index (χ1v) is 9.49. The molecule has 28 heavy (non-hydrogen) atoms. The molecule has 2 N–H and O–H groups in total. The fourth-order valence-corrected chi connectivity index (χ4v) is 3.81. The van der Waals surface area contributed by atoms with Crippen molar-refractivity contribution in [2.24, 2.45) is 0 Å². The number of nitro benzene ring substituents is 2. The van der Waals surface area contributed by atoms with Crippen LogP contribution in [0.4, 0.5) is 11.4 Å². The van der Waals surface area contributed by atoms with Gasteiger partial charge in [0.1, 0.15) is 0 Å². The van der Waals surface area contributed by atoms with Gasteiger partial charge in [-0.2, -0.15) is 0 Å². The summed E-state index contributed by atoms with van der Waals surface area (Å²) in [5, 5.41) is 22.5. The molecule has 0 aromatic heterocycles. The van der Waals surface area contributed by atoms with Crippen molar-refractivity contribution in [2.75, 3.05) is 0 Å². The summed E-state index contributed by atoms with van der Waals surface area (Å²) in [6.07, 6.45) is 0. The maximum Gasteiger partial charge on any atom is 0.356 e.